The Morgan fingerprint density at radius 3 is 2.80 bits per heavy atom. The van der Waals surface area contributed by atoms with Gasteiger partial charge in [-0.25, -0.2) is 0 Å². The van der Waals surface area contributed by atoms with E-state index < -0.39 is 6.10 Å². The predicted octanol–water partition coefficient (Wildman–Crippen LogP) is 2.12. The van der Waals surface area contributed by atoms with Crippen LogP contribution >= 0.6 is 11.3 Å². The van der Waals surface area contributed by atoms with E-state index in [-0.39, 0.29) is 5.92 Å². The summed E-state index contributed by atoms with van der Waals surface area (Å²) in [5.74, 6) is 0.481. The number of furan rings is 1. The summed E-state index contributed by atoms with van der Waals surface area (Å²) in [7, 11) is 0. The molecule has 0 amide bonds. The zero-order valence-corrected chi connectivity index (χ0v) is 8.98. The zero-order valence-electron chi connectivity index (χ0n) is 8.17. The summed E-state index contributed by atoms with van der Waals surface area (Å²) in [6.07, 6.45) is 0.893. The lowest BCUT2D eigenvalue weighted by Crippen LogP contribution is -2.18. The summed E-state index contributed by atoms with van der Waals surface area (Å²) in [4.78, 5) is 1.08. The van der Waals surface area contributed by atoms with Gasteiger partial charge in [-0.05, 0) is 23.6 Å². The van der Waals surface area contributed by atoms with Gasteiger partial charge < -0.3 is 15.3 Å². The van der Waals surface area contributed by atoms with Gasteiger partial charge in [-0.2, -0.15) is 0 Å². The van der Waals surface area contributed by atoms with Crippen molar-refractivity contribution in [2.45, 2.75) is 12.0 Å². The lowest BCUT2D eigenvalue weighted by Gasteiger charge is -2.18. The fourth-order valence-corrected chi connectivity index (χ4v) is 2.43. The van der Waals surface area contributed by atoms with Crippen LogP contribution in [0.25, 0.3) is 0 Å². The SMILES string of the molecule is NCC(c1cccs1)C(O)c1ccco1. The quantitative estimate of drug-likeness (QED) is 0.834. The topological polar surface area (TPSA) is 59.4 Å². The van der Waals surface area contributed by atoms with Crippen LogP contribution in [0.1, 0.15) is 22.7 Å². The van der Waals surface area contributed by atoms with Crippen molar-refractivity contribution in [3.05, 3.63) is 46.5 Å². The van der Waals surface area contributed by atoms with Gasteiger partial charge in [0.2, 0.25) is 0 Å². The van der Waals surface area contributed by atoms with Crippen molar-refractivity contribution in [1.82, 2.24) is 0 Å². The molecule has 2 rings (SSSR count). The van der Waals surface area contributed by atoms with E-state index in [1.807, 2.05) is 17.5 Å². The van der Waals surface area contributed by atoms with Gasteiger partial charge in [0, 0.05) is 17.3 Å². The molecule has 0 saturated carbocycles. The fourth-order valence-electron chi connectivity index (χ4n) is 1.56. The number of hydrogen-bond acceptors (Lipinski definition) is 4. The molecule has 15 heavy (non-hydrogen) atoms. The van der Waals surface area contributed by atoms with E-state index in [4.69, 9.17) is 10.2 Å². The summed E-state index contributed by atoms with van der Waals surface area (Å²) in [6, 6.07) is 7.47. The summed E-state index contributed by atoms with van der Waals surface area (Å²) in [5.41, 5.74) is 5.68. The molecular weight excluding hydrogens is 210 g/mol. The first-order valence-electron chi connectivity index (χ1n) is 4.78. The predicted molar refractivity (Wildman–Crippen MR) is 59.8 cm³/mol. The van der Waals surface area contributed by atoms with E-state index in [1.54, 1.807) is 29.7 Å². The third-order valence-corrected chi connectivity index (χ3v) is 3.38. The van der Waals surface area contributed by atoms with Crippen LogP contribution in [-0.4, -0.2) is 11.7 Å². The minimum absolute atomic E-state index is 0.0869. The molecular formula is C11H13NO2S. The Bertz CT molecular complexity index is 383. The highest BCUT2D eigenvalue weighted by atomic mass is 32.1. The highest BCUT2D eigenvalue weighted by Crippen LogP contribution is 2.32. The Balaban J connectivity index is 2.21. The second-order valence-corrected chi connectivity index (χ2v) is 4.30. The number of aliphatic hydroxyl groups is 1. The fraction of sp³-hybridized carbons (Fsp3) is 0.273. The Morgan fingerprint density at radius 2 is 2.27 bits per heavy atom. The highest BCUT2D eigenvalue weighted by Gasteiger charge is 2.24. The first-order valence-corrected chi connectivity index (χ1v) is 5.66. The van der Waals surface area contributed by atoms with Crippen molar-refractivity contribution in [2.75, 3.05) is 6.54 Å². The van der Waals surface area contributed by atoms with Crippen LogP contribution in [0.5, 0.6) is 0 Å². The Morgan fingerprint density at radius 1 is 1.40 bits per heavy atom. The Kier molecular flexibility index (Phi) is 3.20. The summed E-state index contributed by atoms with van der Waals surface area (Å²) in [6.45, 7) is 0.405. The molecule has 0 aromatic carbocycles. The lowest BCUT2D eigenvalue weighted by atomic mass is 9.99. The maximum atomic E-state index is 10.1. The molecule has 80 valence electrons. The number of nitrogens with two attached hydrogens (primary N) is 1. The molecule has 2 atom stereocenters. The van der Waals surface area contributed by atoms with E-state index in [1.165, 1.54) is 0 Å². The van der Waals surface area contributed by atoms with Crippen molar-refractivity contribution in [3.63, 3.8) is 0 Å². The van der Waals surface area contributed by atoms with Gasteiger partial charge in [-0.15, -0.1) is 11.3 Å². The van der Waals surface area contributed by atoms with Gasteiger partial charge in [0.15, 0.2) is 0 Å². The van der Waals surface area contributed by atoms with Crippen molar-refractivity contribution < 1.29 is 9.52 Å². The minimum Gasteiger partial charge on any atom is -0.467 e. The van der Waals surface area contributed by atoms with Crippen LogP contribution in [0.2, 0.25) is 0 Å². The second kappa shape index (κ2) is 4.61. The van der Waals surface area contributed by atoms with Gasteiger partial charge in [-0.1, -0.05) is 6.07 Å². The molecule has 2 aromatic rings. The smallest absolute Gasteiger partial charge is 0.132 e. The maximum Gasteiger partial charge on any atom is 0.132 e. The molecule has 2 aromatic heterocycles. The van der Waals surface area contributed by atoms with Crippen LogP contribution in [0, 0.1) is 0 Å². The van der Waals surface area contributed by atoms with Gasteiger partial charge >= 0.3 is 0 Å². The molecule has 4 heteroatoms. The van der Waals surface area contributed by atoms with Gasteiger partial charge in [-0.3, -0.25) is 0 Å². The van der Waals surface area contributed by atoms with Crippen molar-refractivity contribution in [1.29, 1.82) is 0 Å². The zero-order chi connectivity index (χ0) is 10.7. The standard InChI is InChI=1S/C11H13NO2S/c12-7-8(10-4-2-6-15-10)11(13)9-3-1-5-14-9/h1-6,8,11,13H,7,12H2. The highest BCUT2D eigenvalue weighted by molar-refractivity contribution is 7.10. The van der Waals surface area contributed by atoms with Crippen molar-refractivity contribution >= 4 is 11.3 Å². The molecule has 0 fully saturated rings. The monoisotopic (exact) mass is 223 g/mol. The maximum absolute atomic E-state index is 10.1. The van der Waals surface area contributed by atoms with Crippen LogP contribution in [-0.2, 0) is 0 Å². The average Bonchev–Trinajstić information content (AvgIpc) is 2.91. The Hall–Kier alpha value is -1.10. The third-order valence-electron chi connectivity index (χ3n) is 2.38. The molecule has 0 aliphatic rings. The first kappa shape index (κ1) is 10.4. The largest absolute Gasteiger partial charge is 0.467 e. The summed E-state index contributed by atoms with van der Waals surface area (Å²) >= 11 is 1.60. The minimum atomic E-state index is -0.663. The van der Waals surface area contributed by atoms with Gasteiger partial charge in [0.05, 0.1) is 6.26 Å². The Labute approximate surface area is 92.2 Å². The van der Waals surface area contributed by atoms with Crippen molar-refractivity contribution in [2.24, 2.45) is 5.73 Å². The van der Waals surface area contributed by atoms with E-state index in [0.29, 0.717) is 12.3 Å². The molecule has 0 bridgehead atoms. The van der Waals surface area contributed by atoms with E-state index >= 15 is 0 Å². The van der Waals surface area contributed by atoms with Gasteiger partial charge in [0.25, 0.3) is 0 Å². The van der Waals surface area contributed by atoms with Crippen LogP contribution in [0.4, 0.5) is 0 Å². The molecule has 0 spiro atoms. The molecule has 2 unspecified atom stereocenters. The molecule has 0 aliphatic carbocycles. The average molecular weight is 223 g/mol. The first-order chi connectivity index (χ1) is 7.33. The van der Waals surface area contributed by atoms with E-state index in [0.717, 1.165) is 4.88 Å². The molecule has 2 heterocycles. The normalized spacial score (nSPS) is 15.1. The molecule has 0 aliphatic heterocycles. The molecule has 3 N–H and O–H groups in total. The number of aliphatic hydroxyl groups excluding tert-OH is 1. The van der Waals surface area contributed by atoms with E-state index in [9.17, 15) is 5.11 Å². The number of thiophene rings is 1. The van der Waals surface area contributed by atoms with Crippen molar-refractivity contribution in [3.8, 4) is 0 Å². The molecule has 0 saturated heterocycles. The number of rotatable bonds is 4. The van der Waals surface area contributed by atoms with E-state index in [2.05, 4.69) is 0 Å². The molecule has 3 nitrogen and oxygen atoms in total. The lowest BCUT2D eigenvalue weighted by molar-refractivity contribution is 0.123. The summed E-state index contributed by atoms with van der Waals surface area (Å²) in [5, 5.41) is 12.1. The van der Waals surface area contributed by atoms with Crippen LogP contribution in [0.3, 0.4) is 0 Å². The summed E-state index contributed by atoms with van der Waals surface area (Å²) < 4.78 is 5.18. The van der Waals surface area contributed by atoms with Crippen LogP contribution < -0.4 is 5.73 Å². The number of hydrogen-bond donors (Lipinski definition) is 2. The van der Waals surface area contributed by atoms with Crippen LogP contribution in [0.15, 0.2) is 40.3 Å². The van der Waals surface area contributed by atoms with Gasteiger partial charge in [0.1, 0.15) is 11.9 Å². The third kappa shape index (κ3) is 2.12. The second-order valence-electron chi connectivity index (χ2n) is 3.32. The molecule has 0 radical (unpaired) electrons.